The Labute approximate surface area is 74.7 Å². The number of sulfone groups is 1. The lowest BCUT2D eigenvalue weighted by Gasteiger charge is -2.07. The summed E-state index contributed by atoms with van der Waals surface area (Å²) in [4.78, 5) is 0. The average Bonchev–Trinajstić information content (AvgIpc) is 2.01. The molecule has 0 aliphatic rings. The third-order valence-electron chi connectivity index (χ3n) is 1.71. The van der Waals surface area contributed by atoms with Crippen molar-refractivity contribution in [3.63, 3.8) is 0 Å². The minimum atomic E-state index is -3.34. The van der Waals surface area contributed by atoms with Crippen molar-refractivity contribution in [1.29, 1.82) is 0 Å². The van der Waals surface area contributed by atoms with Crippen molar-refractivity contribution in [3.8, 4) is 0 Å². The summed E-state index contributed by atoms with van der Waals surface area (Å²) in [5, 5.41) is 11.1. The maximum Gasteiger partial charge on any atom is 0.193 e. The summed E-state index contributed by atoms with van der Waals surface area (Å²) in [7, 11) is -3.34. The van der Waals surface area contributed by atoms with E-state index < -0.39 is 15.3 Å². The van der Waals surface area contributed by atoms with E-state index >= 15 is 0 Å². The van der Waals surface area contributed by atoms with Gasteiger partial charge in [0.25, 0.3) is 0 Å². The van der Waals surface area contributed by atoms with Crippen LogP contribution in [-0.4, -0.2) is 19.6 Å². The Hall–Kier alpha value is -0.0900. The molecule has 0 bridgehead atoms. The van der Waals surface area contributed by atoms with E-state index in [0.29, 0.717) is 12.8 Å². The molecule has 0 heterocycles. The van der Waals surface area contributed by atoms with E-state index in [1.165, 1.54) is 0 Å². The molecule has 0 spiro atoms. The Morgan fingerprint density at radius 2 is 1.75 bits per heavy atom. The van der Waals surface area contributed by atoms with E-state index in [1.54, 1.807) is 0 Å². The molecule has 0 aliphatic heterocycles. The van der Waals surface area contributed by atoms with Gasteiger partial charge in [-0.3, -0.25) is 0 Å². The summed E-state index contributed by atoms with van der Waals surface area (Å²) >= 11 is 0. The van der Waals surface area contributed by atoms with Crippen molar-refractivity contribution in [2.24, 2.45) is 0 Å². The predicted molar refractivity (Wildman–Crippen MR) is 48.1 cm³/mol. The van der Waals surface area contributed by atoms with Crippen LogP contribution in [0.2, 0.25) is 0 Å². The molecule has 0 rings (SSSR count). The number of rotatable bonds is 6. The van der Waals surface area contributed by atoms with Gasteiger partial charge in [0.2, 0.25) is 0 Å². The zero-order chi connectivity index (χ0) is 9.61. The largest absolute Gasteiger partial charge is 0.226 e. The van der Waals surface area contributed by atoms with Gasteiger partial charge in [0.05, 0.1) is 5.75 Å². The fraction of sp³-hybridized carbons (Fsp3) is 1.00. The van der Waals surface area contributed by atoms with Crippen molar-refractivity contribution >= 4 is 9.84 Å². The van der Waals surface area contributed by atoms with Crippen LogP contribution in [0.15, 0.2) is 0 Å². The lowest BCUT2D eigenvalue weighted by molar-refractivity contribution is 0.146. The van der Waals surface area contributed by atoms with Crippen molar-refractivity contribution < 1.29 is 13.5 Å². The zero-order valence-electron chi connectivity index (χ0n) is 7.75. The number of hydrogen-bond donors (Lipinski definition) is 0. The first-order chi connectivity index (χ1) is 5.54. The van der Waals surface area contributed by atoms with Gasteiger partial charge in [-0.15, -0.1) is 0 Å². The van der Waals surface area contributed by atoms with Gasteiger partial charge in [0.15, 0.2) is 15.3 Å². The molecule has 0 amide bonds. The second-order valence-corrected chi connectivity index (χ2v) is 5.20. The molecule has 0 aromatic carbocycles. The molecule has 1 unspecified atom stereocenters. The van der Waals surface area contributed by atoms with Crippen LogP contribution < -0.4 is 0 Å². The van der Waals surface area contributed by atoms with Crippen LogP contribution in [0.1, 0.15) is 39.5 Å². The molecule has 12 heavy (non-hydrogen) atoms. The normalized spacial score (nSPS) is 14.6. The summed E-state index contributed by atoms with van der Waals surface area (Å²) in [6, 6.07) is 0. The smallest absolute Gasteiger partial charge is 0.193 e. The van der Waals surface area contributed by atoms with Crippen molar-refractivity contribution in [3.05, 3.63) is 0 Å². The fourth-order valence-corrected chi connectivity index (χ4v) is 2.44. The Bertz CT molecular complexity index is 196. The van der Waals surface area contributed by atoms with E-state index in [-0.39, 0.29) is 12.2 Å². The average molecular weight is 193 g/mol. The highest BCUT2D eigenvalue weighted by Gasteiger charge is 2.22. The molecule has 0 aromatic heterocycles. The number of hydrogen-bond acceptors (Lipinski definition) is 2. The van der Waals surface area contributed by atoms with E-state index in [0.717, 1.165) is 6.42 Å². The third-order valence-corrected chi connectivity index (χ3v) is 3.60. The summed E-state index contributed by atoms with van der Waals surface area (Å²) in [6.45, 7) is 3.73. The van der Waals surface area contributed by atoms with Crippen LogP contribution in [-0.2, 0) is 14.9 Å². The summed E-state index contributed by atoms with van der Waals surface area (Å²) in [5.41, 5.74) is -1.39. The molecule has 0 saturated carbocycles. The highest BCUT2D eigenvalue weighted by atomic mass is 32.2. The lowest BCUT2D eigenvalue weighted by Crippen LogP contribution is -2.22. The standard InChI is InChI=1S/C8H17O3S/c1-3-5-7-12(10,11)8(9)6-4-2/h8H,3-7H2,1-2H3. The van der Waals surface area contributed by atoms with Crippen LogP contribution in [0, 0.1) is 0 Å². The first-order valence-electron chi connectivity index (χ1n) is 4.42. The topological polar surface area (TPSA) is 54.0 Å². The van der Waals surface area contributed by atoms with Gasteiger partial charge in [0, 0.05) is 0 Å². The molecule has 3 nitrogen and oxygen atoms in total. The Morgan fingerprint density at radius 1 is 1.17 bits per heavy atom. The van der Waals surface area contributed by atoms with Gasteiger partial charge in [0.1, 0.15) is 0 Å². The molecule has 1 atom stereocenters. The first-order valence-corrected chi connectivity index (χ1v) is 6.13. The Morgan fingerprint density at radius 3 is 2.17 bits per heavy atom. The van der Waals surface area contributed by atoms with Crippen molar-refractivity contribution in [2.45, 2.75) is 45.0 Å². The van der Waals surface area contributed by atoms with E-state index in [9.17, 15) is 13.5 Å². The Kier molecular flexibility index (Phi) is 5.50. The van der Waals surface area contributed by atoms with E-state index in [4.69, 9.17) is 0 Å². The molecular formula is C8H17O3S. The highest BCUT2D eigenvalue weighted by molar-refractivity contribution is 7.91. The SMILES string of the molecule is CCCCS(=O)(=O)C([O])CCC. The first kappa shape index (κ1) is 11.9. The molecule has 0 aromatic rings. The maximum absolute atomic E-state index is 11.2. The van der Waals surface area contributed by atoms with Gasteiger partial charge in [-0.1, -0.05) is 26.7 Å². The van der Waals surface area contributed by atoms with E-state index in [1.807, 2.05) is 13.8 Å². The molecule has 0 N–H and O–H groups in total. The number of unbranched alkanes of at least 4 members (excludes halogenated alkanes) is 1. The second kappa shape index (κ2) is 5.54. The fourth-order valence-electron chi connectivity index (χ4n) is 0.892. The Balaban J connectivity index is 4.01. The quantitative estimate of drug-likeness (QED) is 0.645. The summed E-state index contributed by atoms with van der Waals surface area (Å²) in [5.74, 6) is 0.0532. The molecule has 0 fully saturated rings. The lowest BCUT2D eigenvalue weighted by atomic mass is 10.4. The third kappa shape index (κ3) is 4.07. The van der Waals surface area contributed by atoms with Gasteiger partial charge in [-0.25, -0.2) is 13.5 Å². The van der Waals surface area contributed by atoms with Crippen LogP contribution in [0.5, 0.6) is 0 Å². The molecule has 0 aliphatic carbocycles. The van der Waals surface area contributed by atoms with Crippen LogP contribution in [0.3, 0.4) is 0 Å². The highest BCUT2D eigenvalue weighted by Crippen LogP contribution is 2.09. The molecular weight excluding hydrogens is 176 g/mol. The zero-order valence-corrected chi connectivity index (χ0v) is 8.56. The minimum absolute atomic E-state index is 0.0532. The van der Waals surface area contributed by atoms with Gasteiger partial charge >= 0.3 is 0 Å². The molecule has 4 heteroatoms. The second-order valence-electron chi connectivity index (χ2n) is 2.94. The van der Waals surface area contributed by atoms with Gasteiger partial charge in [-0.05, 0) is 12.8 Å². The van der Waals surface area contributed by atoms with Crippen LogP contribution in [0.25, 0.3) is 0 Å². The van der Waals surface area contributed by atoms with Crippen LogP contribution in [0.4, 0.5) is 0 Å². The van der Waals surface area contributed by atoms with Gasteiger partial charge < -0.3 is 0 Å². The summed E-state index contributed by atoms with van der Waals surface area (Å²) in [6.07, 6.45) is 2.30. The van der Waals surface area contributed by atoms with Crippen molar-refractivity contribution in [1.82, 2.24) is 0 Å². The van der Waals surface area contributed by atoms with E-state index in [2.05, 4.69) is 0 Å². The monoisotopic (exact) mass is 193 g/mol. The minimum Gasteiger partial charge on any atom is -0.226 e. The maximum atomic E-state index is 11.2. The predicted octanol–water partition coefficient (Wildman–Crippen LogP) is 1.76. The summed E-state index contributed by atoms with van der Waals surface area (Å²) < 4.78 is 22.3. The molecule has 0 saturated heterocycles. The molecule has 1 radical (unpaired) electrons. The van der Waals surface area contributed by atoms with Gasteiger partial charge in [-0.2, -0.15) is 0 Å². The van der Waals surface area contributed by atoms with Crippen molar-refractivity contribution in [2.75, 3.05) is 5.75 Å². The van der Waals surface area contributed by atoms with Crippen LogP contribution >= 0.6 is 0 Å². The molecule has 73 valence electrons.